The Morgan fingerprint density at radius 2 is 1.90 bits per heavy atom. The van der Waals surface area contributed by atoms with E-state index in [2.05, 4.69) is 15.3 Å². The quantitative estimate of drug-likeness (QED) is 0.337. The van der Waals surface area contributed by atoms with Crippen LogP contribution in [-0.4, -0.2) is 30.0 Å². The number of hydrogen-bond acceptors (Lipinski definition) is 7. The second-order valence-corrected chi connectivity index (χ2v) is 9.73. The monoisotopic (exact) mass is 456 g/mol. The second-order valence-electron chi connectivity index (χ2n) is 6.26. The van der Waals surface area contributed by atoms with Gasteiger partial charge in [-0.25, -0.2) is 23.5 Å². The van der Waals surface area contributed by atoms with Gasteiger partial charge in [0.15, 0.2) is 5.82 Å². The number of nitrogens with zero attached hydrogens (tertiary/aromatic N) is 2. The molecule has 0 bridgehead atoms. The maximum absolute atomic E-state index is 12.4. The third kappa shape index (κ3) is 4.68. The fourth-order valence-corrected chi connectivity index (χ4v) is 4.79. The van der Waals surface area contributed by atoms with Crippen LogP contribution in [0.4, 0.5) is 5.69 Å². The van der Waals surface area contributed by atoms with Crippen molar-refractivity contribution in [2.45, 2.75) is 9.92 Å². The summed E-state index contributed by atoms with van der Waals surface area (Å²) in [5.41, 5.74) is 1.17. The van der Waals surface area contributed by atoms with Gasteiger partial charge in [-0.1, -0.05) is 42.1 Å². The van der Waals surface area contributed by atoms with E-state index >= 15 is 0 Å². The van der Waals surface area contributed by atoms with E-state index < -0.39 is 10.0 Å². The number of carbonyl (C=O) groups is 1. The number of thioether (sulfide) groups is 1. The van der Waals surface area contributed by atoms with Crippen molar-refractivity contribution >= 4 is 55.6 Å². The van der Waals surface area contributed by atoms with Gasteiger partial charge in [-0.2, -0.15) is 0 Å². The zero-order valence-electron chi connectivity index (χ0n) is 15.5. The maximum atomic E-state index is 12.4. The first-order chi connectivity index (χ1) is 14.4. The number of nitrogens with one attached hydrogen (secondary N) is 1. The number of thiophene rings is 1. The molecule has 10 heteroatoms. The lowest BCUT2D eigenvalue weighted by atomic mass is 10.2. The van der Waals surface area contributed by atoms with Gasteiger partial charge in [-0.3, -0.25) is 4.79 Å². The molecule has 152 valence electrons. The average molecular weight is 457 g/mol. The summed E-state index contributed by atoms with van der Waals surface area (Å²) in [7, 11) is -3.84. The highest BCUT2D eigenvalue weighted by Crippen LogP contribution is 2.30. The fourth-order valence-electron chi connectivity index (χ4n) is 2.76. The molecule has 4 aromatic rings. The number of benzene rings is 2. The summed E-state index contributed by atoms with van der Waals surface area (Å²) in [6.07, 6.45) is 0. The summed E-state index contributed by atoms with van der Waals surface area (Å²) in [4.78, 5) is 22.6. The minimum Gasteiger partial charge on any atom is -0.325 e. The summed E-state index contributed by atoms with van der Waals surface area (Å²) in [6.45, 7) is 0. The highest BCUT2D eigenvalue weighted by atomic mass is 32.2. The van der Waals surface area contributed by atoms with Gasteiger partial charge in [0, 0.05) is 11.1 Å². The van der Waals surface area contributed by atoms with Crippen LogP contribution in [0.3, 0.4) is 0 Å². The lowest BCUT2D eigenvalue weighted by Gasteiger charge is -2.09. The Balaban J connectivity index is 1.54. The van der Waals surface area contributed by atoms with E-state index in [-0.39, 0.29) is 16.6 Å². The van der Waals surface area contributed by atoms with Crippen LogP contribution in [-0.2, 0) is 14.8 Å². The Labute approximate surface area is 181 Å². The predicted molar refractivity (Wildman–Crippen MR) is 120 cm³/mol. The Hall–Kier alpha value is -2.79. The predicted octanol–water partition coefficient (Wildman–Crippen LogP) is 3.74. The van der Waals surface area contributed by atoms with E-state index in [0.29, 0.717) is 16.5 Å². The number of sulfonamides is 1. The molecule has 0 aliphatic heterocycles. The number of primary sulfonamides is 1. The second kappa shape index (κ2) is 8.52. The molecular weight excluding hydrogens is 440 g/mol. The average Bonchev–Trinajstić information content (AvgIpc) is 3.26. The molecule has 0 atom stereocenters. The molecule has 7 nitrogen and oxygen atoms in total. The summed E-state index contributed by atoms with van der Waals surface area (Å²) < 4.78 is 23.0. The van der Waals surface area contributed by atoms with Crippen molar-refractivity contribution in [1.29, 1.82) is 0 Å². The largest absolute Gasteiger partial charge is 0.325 e. The van der Waals surface area contributed by atoms with Crippen LogP contribution >= 0.6 is 23.1 Å². The number of aromatic nitrogens is 2. The first-order valence-electron chi connectivity index (χ1n) is 8.76. The van der Waals surface area contributed by atoms with Crippen molar-refractivity contribution in [3.05, 3.63) is 66.0 Å². The number of amides is 1. The van der Waals surface area contributed by atoms with Gasteiger partial charge in [-0.05, 0) is 35.7 Å². The number of hydrogen-bond donors (Lipinski definition) is 2. The smallest absolute Gasteiger partial charge is 0.238 e. The SMILES string of the molecule is NS(=O)(=O)c1cccc(NC(=O)CSc2nc(-c3cccs3)nc3ccccc23)c1. The molecular formula is C20H16N4O3S3. The zero-order chi connectivity index (χ0) is 21.1. The van der Waals surface area contributed by atoms with Gasteiger partial charge < -0.3 is 5.32 Å². The van der Waals surface area contributed by atoms with Gasteiger partial charge >= 0.3 is 0 Å². The van der Waals surface area contributed by atoms with Crippen molar-refractivity contribution in [1.82, 2.24) is 9.97 Å². The number of fused-ring (bicyclic) bond motifs is 1. The Morgan fingerprint density at radius 3 is 2.67 bits per heavy atom. The number of rotatable bonds is 6. The molecule has 0 spiro atoms. The minimum absolute atomic E-state index is 0.0599. The molecule has 0 radical (unpaired) electrons. The van der Waals surface area contributed by atoms with E-state index in [1.54, 1.807) is 17.4 Å². The van der Waals surface area contributed by atoms with Crippen molar-refractivity contribution in [2.75, 3.05) is 11.1 Å². The number of nitrogens with two attached hydrogens (primary N) is 1. The molecule has 2 aromatic carbocycles. The lowest BCUT2D eigenvalue weighted by Crippen LogP contribution is -2.16. The topological polar surface area (TPSA) is 115 Å². The van der Waals surface area contributed by atoms with E-state index in [0.717, 1.165) is 15.8 Å². The normalized spacial score (nSPS) is 11.5. The van der Waals surface area contributed by atoms with Crippen molar-refractivity contribution in [3.8, 4) is 10.7 Å². The molecule has 30 heavy (non-hydrogen) atoms. The Morgan fingerprint density at radius 1 is 1.07 bits per heavy atom. The molecule has 3 N–H and O–H groups in total. The van der Waals surface area contributed by atoms with Crippen LogP contribution in [0.2, 0.25) is 0 Å². The third-order valence-corrected chi connectivity index (χ3v) is 6.86. The molecule has 1 amide bonds. The fraction of sp³-hybridized carbons (Fsp3) is 0.0500. The van der Waals surface area contributed by atoms with Crippen LogP contribution in [0.5, 0.6) is 0 Å². The van der Waals surface area contributed by atoms with Crippen LogP contribution in [0.25, 0.3) is 21.6 Å². The van der Waals surface area contributed by atoms with Crippen LogP contribution in [0, 0.1) is 0 Å². The third-order valence-electron chi connectivity index (χ3n) is 4.10. The van der Waals surface area contributed by atoms with Crippen LogP contribution < -0.4 is 10.5 Å². The zero-order valence-corrected chi connectivity index (χ0v) is 17.9. The maximum Gasteiger partial charge on any atom is 0.238 e. The van der Waals surface area contributed by atoms with Gasteiger partial charge in [0.2, 0.25) is 15.9 Å². The molecule has 0 aliphatic carbocycles. The number of para-hydroxylation sites is 1. The molecule has 4 rings (SSSR count). The number of anilines is 1. The highest BCUT2D eigenvalue weighted by molar-refractivity contribution is 8.00. The molecule has 0 saturated carbocycles. The van der Waals surface area contributed by atoms with E-state index in [9.17, 15) is 13.2 Å². The lowest BCUT2D eigenvalue weighted by molar-refractivity contribution is -0.113. The van der Waals surface area contributed by atoms with Crippen molar-refractivity contribution < 1.29 is 13.2 Å². The van der Waals surface area contributed by atoms with E-state index in [1.165, 1.54) is 30.0 Å². The summed E-state index contributed by atoms with van der Waals surface area (Å²) >= 11 is 2.85. The van der Waals surface area contributed by atoms with Crippen molar-refractivity contribution in [2.24, 2.45) is 5.14 Å². The molecule has 0 fully saturated rings. The van der Waals surface area contributed by atoms with Gasteiger partial charge in [0.1, 0.15) is 5.03 Å². The number of carbonyl (C=O) groups excluding carboxylic acids is 1. The minimum atomic E-state index is -3.84. The van der Waals surface area contributed by atoms with E-state index in [4.69, 9.17) is 5.14 Å². The summed E-state index contributed by atoms with van der Waals surface area (Å²) in [5, 5.41) is 11.4. The van der Waals surface area contributed by atoms with Crippen molar-refractivity contribution in [3.63, 3.8) is 0 Å². The highest BCUT2D eigenvalue weighted by Gasteiger charge is 2.13. The molecule has 0 aliphatic rings. The first kappa shape index (κ1) is 20.5. The van der Waals surface area contributed by atoms with Crippen LogP contribution in [0.1, 0.15) is 0 Å². The first-order valence-corrected chi connectivity index (χ1v) is 12.2. The molecule has 0 unspecified atom stereocenters. The molecule has 2 heterocycles. The summed E-state index contributed by atoms with van der Waals surface area (Å²) in [5.74, 6) is 0.434. The van der Waals surface area contributed by atoms with E-state index in [1.807, 2.05) is 41.8 Å². The standard InChI is InChI=1S/C20H16N4O3S3/c21-30(26,27)14-6-3-5-13(11-14)22-18(25)12-29-20-15-7-1-2-8-16(15)23-19(24-20)17-9-4-10-28-17/h1-11H,12H2,(H,22,25)(H2,21,26,27). The molecule has 0 saturated heterocycles. The van der Waals surface area contributed by atoms with Gasteiger partial charge in [0.25, 0.3) is 0 Å². The Bertz CT molecular complexity index is 1320. The van der Waals surface area contributed by atoms with Crippen LogP contribution in [0.15, 0.2) is 76.0 Å². The molecule has 2 aromatic heterocycles. The van der Waals surface area contributed by atoms with Gasteiger partial charge in [0.05, 0.1) is 21.0 Å². The van der Waals surface area contributed by atoms with Gasteiger partial charge in [-0.15, -0.1) is 11.3 Å². The summed E-state index contributed by atoms with van der Waals surface area (Å²) in [6, 6.07) is 17.4. The Kier molecular flexibility index (Phi) is 5.82.